The van der Waals surface area contributed by atoms with Gasteiger partial charge in [0, 0.05) is 11.1 Å². The van der Waals surface area contributed by atoms with E-state index < -0.39 is 5.91 Å². The molecule has 180 valence electrons. The number of rotatable bonds is 4. The Balaban J connectivity index is 1.33. The van der Waals surface area contributed by atoms with E-state index in [0.29, 0.717) is 42.7 Å². The lowest BCUT2D eigenvalue weighted by Crippen LogP contribution is -2.34. The number of anilines is 1. The predicted molar refractivity (Wildman–Crippen MR) is 153 cm³/mol. The van der Waals surface area contributed by atoms with Crippen molar-refractivity contribution >= 4 is 96.9 Å². The number of furan rings is 1. The molecular formula is C25H13Cl4N3O2S2. The minimum absolute atomic E-state index is 0.0261. The van der Waals surface area contributed by atoms with Gasteiger partial charge in [-0.25, -0.2) is 4.98 Å². The van der Waals surface area contributed by atoms with Crippen LogP contribution < -0.4 is 10.6 Å². The van der Waals surface area contributed by atoms with Gasteiger partial charge in [-0.15, -0.1) is 11.3 Å². The van der Waals surface area contributed by atoms with Gasteiger partial charge in [0.1, 0.15) is 10.8 Å². The monoisotopic (exact) mass is 591 g/mol. The van der Waals surface area contributed by atoms with Crippen molar-refractivity contribution in [3.05, 3.63) is 92.6 Å². The zero-order valence-electron chi connectivity index (χ0n) is 17.9. The second-order valence-corrected chi connectivity index (χ2v) is 10.5. The van der Waals surface area contributed by atoms with E-state index in [2.05, 4.69) is 15.6 Å². The first-order chi connectivity index (χ1) is 17.3. The average Bonchev–Trinajstić information content (AvgIpc) is 3.50. The highest BCUT2D eigenvalue weighted by Gasteiger charge is 2.18. The molecule has 5 rings (SSSR count). The summed E-state index contributed by atoms with van der Waals surface area (Å²) in [5.41, 5.74) is 2.59. The number of hydrogen-bond acceptors (Lipinski definition) is 5. The Morgan fingerprint density at radius 2 is 1.69 bits per heavy atom. The molecule has 0 aliphatic carbocycles. The molecule has 0 spiro atoms. The van der Waals surface area contributed by atoms with E-state index in [1.165, 1.54) is 17.4 Å². The number of thiocarbonyl (C=S) groups is 1. The fraction of sp³-hybridized carbons (Fsp3) is 0. The van der Waals surface area contributed by atoms with Crippen LogP contribution in [0.3, 0.4) is 0 Å². The number of carbonyl (C=O) groups excluding carboxylic acids is 1. The summed E-state index contributed by atoms with van der Waals surface area (Å²) in [6.45, 7) is 0. The van der Waals surface area contributed by atoms with Gasteiger partial charge in [-0.3, -0.25) is 10.1 Å². The molecule has 5 aromatic rings. The van der Waals surface area contributed by atoms with Crippen LogP contribution in [0.15, 0.2) is 71.1 Å². The zero-order valence-corrected chi connectivity index (χ0v) is 22.6. The molecule has 0 saturated heterocycles. The summed E-state index contributed by atoms with van der Waals surface area (Å²) in [5, 5.41) is 7.78. The van der Waals surface area contributed by atoms with E-state index in [9.17, 15) is 4.79 Å². The average molecular weight is 593 g/mol. The van der Waals surface area contributed by atoms with Crippen molar-refractivity contribution in [3.8, 4) is 21.9 Å². The number of fused-ring (bicyclic) bond motifs is 1. The summed E-state index contributed by atoms with van der Waals surface area (Å²) in [7, 11) is 0. The van der Waals surface area contributed by atoms with E-state index >= 15 is 0 Å². The smallest absolute Gasteiger partial charge is 0.293 e. The number of amides is 1. The van der Waals surface area contributed by atoms with Crippen molar-refractivity contribution in [2.45, 2.75) is 0 Å². The van der Waals surface area contributed by atoms with Gasteiger partial charge in [0.05, 0.1) is 36.0 Å². The molecule has 36 heavy (non-hydrogen) atoms. The summed E-state index contributed by atoms with van der Waals surface area (Å²) in [4.78, 5) is 17.4. The Morgan fingerprint density at radius 3 is 2.50 bits per heavy atom. The summed E-state index contributed by atoms with van der Waals surface area (Å²) in [5.74, 6) is -0.108. The summed E-state index contributed by atoms with van der Waals surface area (Å²) >= 11 is 32.0. The summed E-state index contributed by atoms with van der Waals surface area (Å²) in [6, 6.07) is 19.4. The number of para-hydroxylation sites is 1. The molecule has 0 aliphatic heterocycles. The van der Waals surface area contributed by atoms with Gasteiger partial charge in [-0.05, 0) is 60.7 Å². The lowest BCUT2D eigenvalue weighted by molar-refractivity contribution is 0.0951. The number of hydrogen-bond donors (Lipinski definition) is 2. The van der Waals surface area contributed by atoms with Gasteiger partial charge in [-0.1, -0.05) is 64.6 Å². The fourth-order valence-corrected chi connectivity index (χ4v) is 5.58. The largest absolute Gasteiger partial charge is 0.451 e. The molecule has 0 bridgehead atoms. The second-order valence-electron chi connectivity index (χ2n) is 7.47. The SMILES string of the molecule is O=C(NC(=S)Nc1cc(-c2nc3ccccc3s2)c(Cl)cc1Cl)c1ccc(-c2cccc(Cl)c2Cl)o1. The Hall–Kier alpha value is -2.65. The third-order valence-electron chi connectivity index (χ3n) is 5.10. The zero-order chi connectivity index (χ0) is 25.4. The van der Waals surface area contributed by atoms with Gasteiger partial charge < -0.3 is 9.73 Å². The maximum atomic E-state index is 12.7. The molecule has 0 aliphatic rings. The first-order valence-electron chi connectivity index (χ1n) is 10.3. The predicted octanol–water partition coefficient (Wildman–Crippen LogP) is 8.96. The third kappa shape index (κ3) is 5.09. The molecule has 0 radical (unpaired) electrons. The number of benzene rings is 3. The molecule has 5 nitrogen and oxygen atoms in total. The van der Waals surface area contributed by atoms with E-state index in [1.807, 2.05) is 24.3 Å². The highest BCUT2D eigenvalue weighted by atomic mass is 35.5. The van der Waals surface area contributed by atoms with Gasteiger partial charge >= 0.3 is 0 Å². The number of thiazole rings is 1. The number of nitrogens with zero attached hydrogens (tertiary/aromatic N) is 1. The highest BCUT2D eigenvalue weighted by Crippen LogP contribution is 2.39. The van der Waals surface area contributed by atoms with Gasteiger partial charge in [0.15, 0.2) is 10.9 Å². The molecule has 0 saturated carbocycles. The van der Waals surface area contributed by atoms with Crippen LogP contribution in [0.2, 0.25) is 20.1 Å². The topological polar surface area (TPSA) is 67.2 Å². The normalized spacial score (nSPS) is 11.0. The van der Waals surface area contributed by atoms with Crippen LogP contribution in [0.1, 0.15) is 10.6 Å². The van der Waals surface area contributed by atoms with Crippen molar-refractivity contribution in [1.82, 2.24) is 10.3 Å². The Labute approximate surface area is 235 Å². The van der Waals surface area contributed by atoms with Gasteiger partial charge in [0.2, 0.25) is 0 Å². The minimum atomic E-state index is -0.548. The molecule has 1 amide bonds. The van der Waals surface area contributed by atoms with E-state index in [1.54, 1.807) is 36.4 Å². The maximum absolute atomic E-state index is 12.7. The molecule has 2 N–H and O–H groups in total. The van der Waals surface area contributed by atoms with Crippen LogP contribution >= 0.6 is 70.0 Å². The molecule has 0 fully saturated rings. The number of halogens is 4. The van der Waals surface area contributed by atoms with Crippen LogP contribution in [-0.2, 0) is 0 Å². The first kappa shape index (κ1) is 25.0. The Morgan fingerprint density at radius 1 is 0.889 bits per heavy atom. The lowest BCUT2D eigenvalue weighted by atomic mass is 10.2. The molecule has 0 unspecified atom stereocenters. The molecule has 2 aromatic heterocycles. The van der Waals surface area contributed by atoms with Crippen molar-refractivity contribution in [2.24, 2.45) is 0 Å². The maximum Gasteiger partial charge on any atom is 0.293 e. The Kier molecular flexibility index (Phi) is 7.21. The van der Waals surface area contributed by atoms with Crippen LogP contribution in [0.25, 0.3) is 32.1 Å². The quantitative estimate of drug-likeness (QED) is 0.204. The molecule has 3 aromatic carbocycles. The highest BCUT2D eigenvalue weighted by molar-refractivity contribution is 7.80. The number of nitrogens with one attached hydrogen (secondary N) is 2. The number of aromatic nitrogens is 1. The third-order valence-corrected chi connectivity index (χ3v) is 7.82. The lowest BCUT2D eigenvalue weighted by Gasteiger charge is -2.12. The van der Waals surface area contributed by atoms with Crippen LogP contribution in [-0.4, -0.2) is 16.0 Å². The van der Waals surface area contributed by atoms with Crippen molar-refractivity contribution in [1.29, 1.82) is 0 Å². The molecular weight excluding hydrogens is 580 g/mol. The van der Waals surface area contributed by atoms with Crippen LogP contribution in [0.5, 0.6) is 0 Å². The van der Waals surface area contributed by atoms with Crippen LogP contribution in [0, 0.1) is 0 Å². The van der Waals surface area contributed by atoms with E-state index in [4.69, 9.17) is 63.0 Å². The van der Waals surface area contributed by atoms with E-state index in [0.717, 1.165) is 15.2 Å². The first-order valence-corrected chi connectivity index (χ1v) is 13.1. The van der Waals surface area contributed by atoms with Crippen LogP contribution in [0.4, 0.5) is 5.69 Å². The van der Waals surface area contributed by atoms with Gasteiger partial charge in [0.25, 0.3) is 5.91 Å². The summed E-state index contributed by atoms with van der Waals surface area (Å²) < 4.78 is 6.71. The molecule has 11 heteroatoms. The molecule has 0 atom stereocenters. The van der Waals surface area contributed by atoms with Gasteiger partial charge in [-0.2, -0.15) is 0 Å². The fourth-order valence-electron chi connectivity index (χ4n) is 3.41. The minimum Gasteiger partial charge on any atom is -0.451 e. The summed E-state index contributed by atoms with van der Waals surface area (Å²) in [6.07, 6.45) is 0. The number of carbonyl (C=O) groups is 1. The van der Waals surface area contributed by atoms with Crippen molar-refractivity contribution in [2.75, 3.05) is 5.32 Å². The standard InChI is InChI=1S/C25H13Cl4N3O2S2/c26-14-5-3-4-12(22(14)29)19-8-9-20(34-19)23(33)32-25(35)31-18-10-13(15(27)11-16(18)28)24-30-17-6-1-2-7-21(17)36-24/h1-11H,(H2,31,32,33,35). The van der Waals surface area contributed by atoms with Crippen molar-refractivity contribution in [3.63, 3.8) is 0 Å². The second kappa shape index (κ2) is 10.4. The van der Waals surface area contributed by atoms with Crippen molar-refractivity contribution < 1.29 is 9.21 Å². The molecule has 2 heterocycles. The van der Waals surface area contributed by atoms with E-state index in [-0.39, 0.29) is 10.9 Å². The Bertz CT molecular complexity index is 1610.